The summed E-state index contributed by atoms with van der Waals surface area (Å²) in [5.74, 6) is 0.177. The number of benzene rings is 2. The van der Waals surface area contributed by atoms with Crippen LogP contribution >= 0.6 is 11.6 Å². The molecule has 0 aliphatic heterocycles. The van der Waals surface area contributed by atoms with Gasteiger partial charge in [0, 0.05) is 17.6 Å². The van der Waals surface area contributed by atoms with E-state index in [1.54, 1.807) is 6.07 Å². The SMILES string of the molecule is COc1cc(F)ccc1NCc1ccc(Cl)cc1C. The van der Waals surface area contributed by atoms with Crippen molar-refractivity contribution in [2.45, 2.75) is 13.5 Å². The van der Waals surface area contributed by atoms with Crippen LogP contribution in [0.15, 0.2) is 36.4 Å². The van der Waals surface area contributed by atoms with Crippen LogP contribution in [0.2, 0.25) is 5.02 Å². The molecule has 100 valence electrons. The van der Waals surface area contributed by atoms with Crippen molar-refractivity contribution >= 4 is 17.3 Å². The fourth-order valence-corrected chi connectivity index (χ4v) is 2.09. The Morgan fingerprint density at radius 3 is 2.68 bits per heavy atom. The molecule has 0 aliphatic rings. The third-order valence-electron chi connectivity index (χ3n) is 2.94. The fraction of sp³-hybridized carbons (Fsp3) is 0.200. The first-order valence-corrected chi connectivity index (χ1v) is 6.30. The van der Waals surface area contributed by atoms with Crippen molar-refractivity contribution in [2.75, 3.05) is 12.4 Å². The van der Waals surface area contributed by atoms with E-state index >= 15 is 0 Å². The van der Waals surface area contributed by atoms with E-state index in [2.05, 4.69) is 5.32 Å². The second-order valence-electron chi connectivity index (χ2n) is 4.27. The van der Waals surface area contributed by atoms with Crippen LogP contribution in [0, 0.1) is 12.7 Å². The van der Waals surface area contributed by atoms with Gasteiger partial charge < -0.3 is 10.1 Å². The molecule has 4 heteroatoms. The van der Waals surface area contributed by atoms with E-state index in [0.29, 0.717) is 12.3 Å². The molecule has 0 bridgehead atoms. The normalized spacial score (nSPS) is 10.3. The standard InChI is InChI=1S/C15H15ClFNO/c1-10-7-12(16)4-3-11(10)9-18-14-6-5-13(17)8-15(14)19-2/h3-8,18H,9H2,1-2H3. The average Bonchev–Trinajstić information content (AvgIpc) is 2.39. The molecule has 0 heterocycles. The predicted octanol–water partition coefficient (Wildman–Crippen LogP) is 4.41. The number of hydrogen-bond acceptors (Lipinski definition) is 2. The van der Waals surface area contributed by atoms with E-state index in [1.165, 1.54) is 19.2 Å². The molecule has 0 amide bonds. The van der Waals surface area contributed by atoms with Gasteiger partial charge in [0.05, 0.1) is 12.8 Å². The number of rotatable bonds is 4. The average molecular weight is 280 g/mol. The largest absolute Gasteiger partial charge is 0.494 e. The lowest BCUT2D eigenvalue weighted by Gasteiger charge is -2.12. The van der Waals surface area contributed by atoms with Gasteiger partial charge in [-0.1, -0.05) is 17.7 Å². The molecule has 1 N–H and O–H groups in total. The monoisotopic (exact) mass is 279 g/mol. The Bertz CT molecular complexity index is 586. The summed E-state index contributed by atoms with van der Waals surface area (Å²) in [5, 5.41) is 3.96. The quantitative estimate of drug-likeness (QED) is 0.895. The lowest BCUT2D eigenvalue weighted by Crippen LogP contribution is -2.03. The molecule has 0 radical (unpaired) electrons. The Labute approximate surface area is 117 Å². The Kier molecular flexibility index (Phi) is 4.27. The van der Waals surface area contributed by atoms with Crippen LogP contribution in [0.1, 0.15) is 11.1 Å². The molecule has 0 spiro atoms. The summed E-state index contributed by atoms with van der Waals surface area (Å²) in [7, 11) is 1.52. The number of ether oxygens (including phenoxy) is 1. The Morgan fingerprint density at radius 2 is 2.00 bits per heavy atom. The first-order chi connectivity index (χ1) is 9.10. The summed E-state index contributed by atoms with van der Waals surface area (Å²) in [4.78, 5) is 0. The second-order valence-corrected chi connectivity index (χ2v) is 4.71. The van der Waals surface area contributed by atoms with Crippen LogP contribution < -0.4 is 10.1 Å². The lowest BCUT2D eigenvalue weighted by atomic mass is 10.1. The highest BCUT2D eigenvalue weighted by Crippen LogP contribution is 2.26. The first-order valence-electron chi connectivity index (χ1n) is 5.92. The first kappa shape index (κ1) is 13.7. The van der Waals surface area contributed by atoms with E-state index in [1.807, 2.05) is 25.1 Å². The second kappa shape index (κ2) is 5.93. The zero-order chi connectivity index (χ0) is 13.8. The number of halogens is 2. The highest BCUT2D eigenvalue weighted by atomic mass is 35.5. The minimum Gasteiger partial charge on any atom is -0.494 e. The van der Waals surface area contributed by atoms with Crippen LogP contribution in [0.5, 0.6) is 5.75 Å². The number of methoxy groups -OCH3 is 1. The maximum absolute atomic E-state index is 13.1. The fourth-order valence-electron chi connectivity index (χ4n) is 1.86. The van der Waals surface area contributed by atoms with Gasteiger partial charge in [-0.15, -0.1) is 0 Å². The molecule has 0 saturated heterocycles. The predicted molar refractivity (Wildman–Crippen MR) is 76.5 cm³/mol. The number of aryl methyl sites for hydroxylation is 1. The highest BCUT2D eigenvalue weighted by Gasteiger charge is 2.05. The summed E-state index contributed by atoms with van der Waals surface area (Å²) < 4.78 is 18.2. The van der Waals surface area contributed by atoms with Crippen LogP contribution in [-0.4, -0.2) is 7.11 Å². The van der Waals surface area contributed by atoms with Crippen LogP contribution in [0.25, 0.3) is 0 Å². The van der Waals surface area contributed by atoms with Gasteiger partial charge in [-0.2, -0.15) is 0 Å². The molecular weight excluding hydrogens is 265 g/mol. The molecule has 0 unspecified atom stereocenters. The van der Waals surface area contributed by atoms with Crippen LogP contribution in [0.4, 0.5) is 10.1 Å². The summed E-state index contributed by atoms with van der Waals surface area (Å²) in [6.07, 6.45) is 0. The molecule has 2 aromatic rings. The van der Waals surface area contributed by atoms with Crippen molar-refractivity contribution in [3.05, 3.63) is 58.4 Å². The van der Waals surface area contributed by atoms with Crippen LogP contribution in [-0.2, 0) is 6.54 Å². The molecule has 0 atom stereocenters. The van der Waals surface area contributed by atoms with Crippen molar-refractivity contribution < 1.29 is 9.13 Å². The molecule has 0 aliphatic carbocycles. The molecule has 19 heavy (non-hydrogen) atoms. The highest BCUT2D eigenvalue weighted by molar-refractivity contribution is 6.30. The number of hydrogen-bond donors (Lipinski definition) is 1. The van der Waals surface area contributed by atoms with Gasteiger partial charge in [-0.25, -0.2) is 4.39 Å². The smallest absolute Gasteiger partial charge is 0.144 e. The molecule has 0 saturated carbocycles. The molecule has 2 aromatic carbocycles. The number of anilines is 1. The molecule has 2 nitrogen and oxygen atoms in total. The van der Waals surface area contributed by atoms with Crippen molar-refractivity contribution in [1.82, 2.24) is 0 Å². The van der Waals surface area contributed by atoms with E-state index in [4.69, 9.17) is 16.3 Å². The Balaban J connectivity index is 2.14. The van der Waals surface area contributed by atoms with Gasteiger partial charge in [-0.3, -0.25) is 0 Å². The summed E-state index contributed by atoms with van der Waals surface area (Å²) in [6, 6.07) is 10.2. The zero-order valence-corrected chi connectivity index (χ0v) is 11.6. The third kappa shape index (κ3) is 3.38. The van der Waals surface area contributed by atoms with Crippen molar-refractivity contribution in [3.8, 4) is 5.75 Å². The third-order valence-corrected chi connectivity index (χ3v) is 3.17. The topological polar surface area (TPSA) is 21.3 Å². The Morgan fingerprint density at radius 1 is 1.21 bits per heavy atom. The summed E-state index contributed by atoms with van der Waals surface area (Å²) in [6.45, 7) is 2.63. The molecule has 2 rings (SSSR count). The maximum Gasteiger partial charge on any atom is 0.144 e. The minimum absolute atomic E-state index is 0.315. The summed E-state index contributed by atoms with van der Waals surface area (Å²) >= 11 is 5.92. The van der Waals surface area contributed by atoms with E-state index in [9.17, 15) is 4.39 Å². The van der Waals surface area contributed by atoms with Gasteiger partial charge >= 0.3 is 0 Å². The number of nitrogens with one attached hydrogen (secondary N) is 1. The van der Waals surface area contributed by atoms with Gasteiger partial charge in [0.25, 0.3) is 0 Å². The molecule has 0 aromatic heterocycles. The van der Waals surface area contributed by atoms with Gasteiger partial charge in [-0.05, 0) is 42.3 Å². The van der Waals surface area contributed by atoms with E-state index in [0.717, 1.165) is 21.8 Å². The molecular formula is C15H15ClFNO. The summed E-state index contributed by atoms with van der Waals surface area (Å²) in [5.41, 5.74) is 3.01. The van der Waals surface area contributed by atoms with Gasteiger partial charge in [0.2, 0.25) is 0 Å². The Hall–Kier alpha value is -1.74. The maximum atomic E-state index is 13.1. The van der Waals surface area contributed by atoms with E-state index in [-0.39, 0.29) is 5.82 Å². The van der Waals surface area contributed by atoms with Crippen LogP contribution in [0.3, 0.4) is 0 Å². The van der Waals surface area contributed by atoms with Crippen molar-refractivity contribution in [2.24, 2.45) is 0 Å². The van der Waals surface area contributed by atoms with E-state index < -0.39 is 0 Å². The van der Waals surface area contributed by atoms with Crippen molar-refractivity contribution in [3.63, 3.8) is 0 Å². The van der Waals surface area contributed by atoms with Gasteiger partial charge in [0.15, 0.2) is 0 Å². The van der Waals surface area contributed by atoms with Gasteiger partial charge in [0.1, 0.15) is 11.6 Å². The van der Waals surface area contributed by atoms with Crippen molar-refractivity contribution in [1.29, 1.82) is 0 Å². The lowest BCUT2D eigenvalue weighted by molar-refractivity contribution is 0.413. The zero-order valence-electron chi connectivity index (χ0n) is 10.8. The molecule has 0 fully saturated rings. The minimum atomic E-state index is -0.315.